The van der Waals surface area contributed by atoms with E-state index in [1.165, 1.54) is 19.2 Å². The predicted molar refractivity (Wildman–Crippen MR) is 78.5 cm³/mol. The summed E-state index contributed by atoms with van der Waals surface area (Å²) in [6.45, 7) is 1.94. The molecule has 0 bridgehead atoms. The Kier molecular flexibility index (Phi) is 4.15. The largest absolute Gasteiger partial charge is 0.465 e. The van der Waals surface area contributed by atoms with Gasteiger partial charge in [-0.15, -0.1) is 0 Å². The van der Waals surface area contributed by atoms with Gasteiger partial charge in [0.2, 0.25) is 0 Å². The number of halogens is 1. The van der Waals surface area contributed by atoms with Crippen LogP contribution in [0.5, 0.6) is 11.5 Å². The molecule has 0 radical (unpaired) electrons. The molecule has 2 aromatic carbocycles. The van der Waals surface area contributed by atoms with Crippen LogP contribution in [0.1, 0.15) is 15.9 Å². The third-order valence-electron chi connectivity index (χ3n) is 2.68. The molecular weight excluding hydrogens is 278 g/mol. The molecule has 4 nitrogen and oxygen atoms in total. The topological polar surface area (TPSA) is 61.5 Å². The number of aryl methyl sites for hydroxylation is 1. The highest BCUT2D eigenvalue weighted by Gasteiger charge is 2.18. The highest BCUT2D eigenvalue weighted by atomic mass is 35.5. The molecule has 0 amide bonds. The molecule has 20 heavy (non-hydrogen) atoms. The fraction of sp³-hybridized carbons (Fsp3) is 0.133. The first kappa shape index (κ1) is 14.2. The van der Waals surface area contributed by atoms with Crippen LogP contribution in [0, 0.1) is 6.92 Å². The van der Waals surface area contributed by atoms with Crippen LogP contribution < -0.4 is 10.5 Å². The van der Waals surface area contributed by atoms with E-state index in [9.17, 15) is 4.79 Å². The number of nitrogen functional groups attached to an aromatic ring is 1. The third kappa shape index (κ3) is 3.03. The second-order valence-electron chi connectivity index (χ2n) is 4.29. The van der Waals surface area contributed by atoms with E-state index in [1.54, 1.807) is 6.07 Å². The fourth-order valence-corrected chi connectivity index (χ4v) is 2.04. The van der Waals surface area contributed by atoms with E-state index in [0.29, 0.717) is 11.4 Å². The molecule has 0 aliphatic heterocycles. The molecule has 2 N–H and O–H groups in total. The smallest absolute Gasteiger partial charge is 0.341 e. The van der Waals surface area contributed by atoms with Crippen LogP contribution in [-0.2, 0) is 4.74 Å². The maximum Gasteiger partial charge on any atom is 0.341 e. The summed E-state index contributed by atoms with van der Waals surface area (Å²) in [4.78, 5) is 11.8. The van der Waals surface area contributed by atoms with Crippen molar-refractivity contribution < 1.29 is 14.3 Å². The number of carbonyl (C=O) groups is 1. The molecule has 0 saturated heterocycles. The highest BCUT2D eigenvalue weighted by molar-refractivity contribution is 6.33. The van der Waals surface area contributed by atoms with Gasteiger partial charge in [0.05, 0.1) is 12.1 Å². The minimum Gasteiger partial charge on any atom is -0.465 e. The normalized spacial score (nSPS) is 10.2. The molecule has 0 unspecified atom stereocenters. The Morgan fingerprint density at radius 2 is 2.00 bits per heavy atom. The number of anilines is 1. The fourth-order valence-electron chi connectivity index (χ4n) is 1.78. The Morgan fingerprint density at radius 1 is 1.25 bits per heavy atom. The van der Waals surface area contributed by atoms with Crippen LogP contribution in [0.15, 0.2) is 36.4 Å². The van der Waals surface area contributed by atoms with Crippen molar-refractivity contribution in [1.29, 1.82) is 0 Å². The summed E-state index contributed by atoms with van der Waals surface area (Å²) in [7, 11) is 1.29. The summed E-state index contributed by atoms with van der Waals surface area (Å²) in [5.41, 5.74) is 7.29. The van der Waals surface area contributed by atoms with Crippen LogP contribution in [0.2, 0.25) is 5.02 Å². The quantitative estimate of drug-likeness (QED) is 0.690. The lowest BCUT2D eigenvalue weighted by molar-refractivity contribution is 0.0598. The number of methoxy groups -OCH3 is 1. The van der Waals surface area contributed by atoms with Gasteiger partial charge in [0.1, 0.15) is 11.3 Å². The van der Waals surface area contributed by atoms with E-state index < -0.39 is 5.97 Å². The maximum absolute atomic E-state index is 11.8. The number of nitrogens with two attached hydrogens (primary N) is 1. The number of carbonyl (C=O) groups excluding carboxylic acids is 1. The molecule has 104 valence electrons. The van der Waals surface area contributed by atoms with Crippen molar-refractivity contribution in [3.63, 3.8) is 0 Å². The zero-order valence-electron chi connectivity index (χ0n) is 11.1. The molecular formula is C15H14ClNO3. The number of benzene rings is 2. The van der Waals surface area contributed by atoms with Gasteiger partial charge in [-0.2, -0.15) is 0 Å². The summed E-state index contributed by atoms with van der Waals surface area (Å²) in [5.74, 6) is 0.266. The van der Waals surface area contributed by atoms with Crippen molar-refractivity contribution >= 4 is 23.3 Å². The van der Waals surface area contributed by atoms with Crippen molar-refractivity contribution in [2.45, 2.75) is 6.92 Å². The minimum atomic E-state index is -0.554. The second-order valence-corrected chi connectivity index (χ2v) is 4.70. The van der Waals surface area contributed by atoms with E-state index in [2.05, 4.69) is 0 Å². The summed E-state index contributed by atoms with van der Waals surface area (Å²) in [6.07, 6.45) is 0. The van der Waals surface area contributed by atoms with E-state index in [4.69, 9.17) is 26.8 Å². The predicted octanol–water partition coefficient (Wildman–Crippen LogP) is 3.81. The number of hydrogen-bond acceptors (Lipinski definition) is 4. The molecule has 0 saturated carbocycles. The maximum atomic E-state index is 11.8. The molecule has 0 fully saturated rings. The van der Waals surface area contributed by atoms with Crippen molar-refractivity contribution in [2.75, 3.05) is 12.8 Å². The van der Waals surface area contributed by atoms with Crippen molar-refractivity contribution in [3.8, 4) is 11.5 Å². The van der Waals surface area contributed by atoms with Gasteiger partial charge in [0, 0.05) is 5.69 Å². The lowest BCUT2D eigenvalue weighted by Crippen LogP contribution is -2.05. The number of ether oxygens (including phenoxy) is 2. The summed E-state index contributed by atoms with van der Waals surface area (Å²) in [5, 5.41) is 0.256. The monoisotopic (exact) mass is 291 g/mol. The molecule has 2 rings (SSSR count). The molecule has 0 aliphatic carbocycles. The Balaban J connectivity index is 2.47. The molecule has 0 spiro atoms. The van der Waals surface area contributed by atoms with Crippen LogP contribution >= 0.6 is 11.6 Å². The summed E-state index contributed by atoms with van der Waals surface area (Å²) >= 11 is 6.11. The molecule has 2 aromatic rings. The van der Waals surface area contributed by atoms with E-state index in [0.717, 1.165) is 5.56 Å². The summed E-state index contributed by atoms with van der Waals surface area (Å²) in [6, 6.07) is 10.4. The molecule has 0 heterocycles. The first-order valence-electron chi connectivity index (χ1n) is 5.93. The molecule has 0 atom stereocenters. The lowest BCUT2D eigenvalue weighted by Gasteiger charge is -2.13. The number of esters is 1. The Labute approximate surface area is 122 Å². The van der Waals surface area contributed by atoms with Crippen molar-refractivity contribution in [1.82, 2.24) is 0 Å². The van der Waals surface area contributed by atoms with Crippen LogP contribution in [0.3, 0.4) is 0 Å². The summed E-state index contributed by atoms with van der Waals surface area (Å²) < 4.78 is 10.4. The third-order valence-corrected chi connectivity index (χ3v) is 2.96. The molecule has 0 aliphatic rings. The van der Waals surface area contributed by atoms with Gasteiger partial charge in [-0.1, -0.05) is 23.7 Å². The number of rotatable bonds is 3. The highest BCUT2D eigenvalue weighted by Crippen LogP contribution is 2.35. The Hall–Kier alpha value is -2.20. The first-order chi connectivity index (χ1) is 9.51. The number of hydrogen-bond donors (Lipinski definition) is 1. The standard InChI is InChI=1S/C15H14ClNO3/c1-9-4-3-5-11(6-9)20-14-12(15(18)19-2)7-10(17)8-13(14)16/h3-8H,17H2,1-2H3. The van der Waals surface area contributed by atoms with Crippen molar-refractivity contribution in [2.24, 2.45) is 0 Å². The Bertz CT molecular complexity index is 656. The zero-order chi connectivity index (χ0) is 14.7. The van der Waals surface area contributed by atoms with Gasteiger partial charge in [-0.25, -0.2) is 4.79 Å². The zero-order valence-corrected chi connectivity index (χ0v) is 11.9. The van der Waals surface area contributed by atoms with Gasteiger partial charge in [-0.3, -0.25) is 0 Å². The Morgan fingerprint density at radius 3 is 2.65 bits per heavy atom. The van der Waals surface area contributed by atoms with E-state index in [1.807, 2.05) is 25.1 Å². The average molecular weight is 292 g/mol. The van der Waals surface area contributed by atoms with Gasteiger partial charge < -0.3 is 15.2 Å². The molecule has 5 heteroatoms. The van der Waals surface area contributed by atoms with Crippen molar-refractivity contribution in [3.05, 3.63) is 52.5 Å². The van der Waals surface area contributed by atoms with Crippen LogP contribution in [0.25, 0.3) is 0 Å². The molecule has 0 aromatic heterocycles. The van der Waals surface area contributed by atoms with Gasteiger partial charge >= 0.3 is 5.97 Å². The van der Waals surface area contributed by atoms with Crippen LogP contribution in [0.4, 0.5) is 5.69 Å². The average Bonchev–Trinajstić information content (AvgIpc) is 2.40. The van der Waals surface area contributed by atoms with Crippen LogP contribution in [-0.4, -0.2) is 13.1 Å². The van der Waals surface area contributed by atoms with E-state index >= 15 is 0 Å². The van der Waals surface area contributed by atoms with Gasteiger partial charge in [-0.05, 0) is 36.8 Å². The minimum absolute atomic E-state index is 0.194. The van der Waals surface area contributed by atoms with Gasteiger partial charge in [0.15, 0.2) is 5.75 Å². The SMILES string of the molecule is COC(=O)c1cc(N)cc(Cl)c1Oc1cccc(C)c1. The second kappa shape index (κ2) is 5.84. The first-order valence-corrected chi connectivity index (χ1v) is 6.31. The van der Waals surface area contributed by atoms with E-state index in [-0.39, 0.29) is 16.3 Å². The van der Waals surface area contributed by atoms with Gasteiger partial charge in [0.25, 0.3) is 0 Å². The lowest BCUT2D eigenvalue weighted by atomic mass is 10.1.